The van der Waals surface area contributed by atoms with Crippen molar-refractivity contribution >= 4 is 11.2 Å². The Bertz CT molecular complexity index is 1090. The predicted octanol–water partition coefficient (Wildman–Crippen LogP) is 3.90. The second kappa shape index (κ2) is 7.19. The number of halogens is 1. The number of hydrogen-bond acceptors (Lipinski definition) is 4. The summed E-state index contributed by atoms with van der Waals surface area (Å²) in [6.45, 7) is 3.46. The number of ether oxygens (including phenoxy) is 1. The highest BCUT2D eigenvalue weighted by Gasteiger charge is 2.16. The maximum absolute atomic E-state index is 13.8. The van der Waals surface area contributed by atoms with Gasteiger partial charge >= 0.3 is 0 Å². The fourth-order valence-electron chi connectivity index (χ4n) is 3.27. The van der Waals surface area contributed by atoms with Crippen molar-refractivity contribution in [1.82, 2.24) is 24.1 Å². The molecule has 3 aromatic heterocycles. The van der Waals surface area contributed by atoms with Gasteiger partial charge in [0.1, 0.15) is 28.7 Å². The third-order valence-corrected chi connectivity index (χ3v) is 4.46. The first-order chi connectivity index (χ1) is 13.2. The van der Waals surface area contributed by atoms with Gasteiger partial charge in [-0.25, -0.2) is 19.3 Å². The maximum Gasteiger partial charge on any atom is 0.160 e. The summed E-state index contributed by atoms with van der Waals surface area (Å²) in [6, 6.07) is 8.27. The van der Waals surface area contributed by atoms with Gasteiger partial charge in [-0.1, -0.05) is 6.92 Å². The Balaban J connectivity index is 1.78. The lowest BCUT2D eigenvalue weighted by Crippen LogP contribution is -2.10. The molecule has 0 N–H and O–H groups in total. The summed E-state index contributed by atoms with van der Waals surface area (Å²) in [7, 11) is 1.57. The molecule has 0 spiro atoms. The Morgan fingerprint density at radius 3 is 2.85 bits per heavy atom. The zero-order valence-electron chi connectivity index (χ0n) is 15.3. The number of imidazole rings is 2. The van der Waals surface area contributed by atoms with Crippen molar-refractivity contribution in [3.8, 4) is 17.1 Å². The molecule has 27 heavy (non-hydrogen) atoms. The highest BCUT2D eigenvalue weighted by Crippen LogP contribution is 2.30. The lowest BCUT2D eigenvalue weighted by Gasteiger charge is -2.12. The van der Waals surface area contributed by atoms with Crippen LogP contribution in [0.3, 0.4) is 0 Å². The van der Waals surface area contributed by atoms with E-state index in [4.69, 9.17) is 9.72 Å². The molecule has 0 aliphatic carbocycles. The lowest BCUT2D eigenvalue weighted by molar-refractivity contribution is 0.415. The third kappa shape index (κ3) is 3.16. The molecule has 7 heteroatoms. The van der Waals surface area contributed by atoms with E-state index < -0.39 is 0 Å². The van der Waals surface area contributed by atoms with E-state index in [-0.39, 0.29) is 5.82 Å². The van der Waals surface area contributed by atoms with E-state index in [2.05, 4.69) is 21.5 Å². The Morgan fingerprint density at radius 2 is 2.04 bits per heavy atom. The molecule has 0 saturated heterocycles. The Labute approximate surface area is 156 Å². The van der Waals surface area contributed by atoms with E-state index in [0.29, 0.717) is 23.7 Å². The van der Waals surface area contributed by atoms with Gasteiger partial charge in [-0.05, 0) is 36.8 Å². The highest BCUT2D eigenvalue weighted by atomic mass is 19.1. The van der Waals surface area contributed by atoms with Gasteiger partial charge in [-0.15, -0.1) is 0 Å². The molecule has 0 fully saturated rings. The van der Waals surface area contributed by atoms with E-state index in [9.17, 15) is 4.39 Å². The van der Waals surface area contributed by atoms with E-state index in [0.717, 1.165) is 30.0 Å². The molecule has 0 amide bonds. The number of fused-ring (bicyclic) bond motifs is 1. The minimum absolute atomic E-state index is 0.331. The first kappa shape index (κ1) is 17.2. The van der Waals surface area contributed by atoms with Gasteiger partial charge in [0.15, 0.2) is 5.65 Å². The molecule has 0 saturated carbocycles. The number of methoxy groups -OCH3 is 1. The largest absolute Gasteiger partial charge is 0.496 e. The first-order valence-corrected chi connectivity index (χ1v) is 8.86. The smallest absolute Gasteiger partial charge is 0.160 e. The summed E-state index contributed by atoms with van der Waals surface area (Å²) in [4.78, 5) is 13.6. The minimum atomic E-state index is -0.331. The number of hydrogen-bond donors (Lipinski definition) is 0. The number of benzene rings is 1. The Morgan fingerprint density at radius 1 is 1.15 bits per heavy atom. The fourth-order valence-corrected chi connectivity index (χ4v) is 3.27. The molecule has 0 aliphatic heterocycles. The summed E-state index contributed by atoms with van der Waals surface area (Å²) >= 11 is 0. The molecular weight excluding hydrogens is 345 g/mol. The molecule has 6 nitrogen and oxygen atoms in total. The van der Waals surface area contributed by atoms with Gasteiger partial charge in [0.05, 0.1) is 19.2 Å². The predicted molar refractivity (Wildman–Crippen MR) is 101 cm³/mol. The number of nitrogens with zero attached hydrogens (tertiary/aromatic N) is 5. The molecule has 0 unspecified atom stereocenters. The molecule has 0 aliphatic rings. The summed E-state index contributed by atoms with van der Waals surface area (Å²) in [6.07, 6.45) is 6.32. The molecule has 138 valence electrons. The number of aryl methyl sites for hydroxylation is 1. The zero-order chi connectivity index (χ0) is 18.8. The van der Waals surface area contributed by atoms with Gasteiger partial charge in [0.2, 0.25) is 0 Å². The monoisotopic (exact) mass is 365 g/mol. The topological polar surface area (TPSA) is 57.8 Å². The molecule has 0 bridgehead atoms. The van der Waals surface area contributed by atoms with Crippen LogP contribution in [0.2, 0.25) is 0 Å². The quantitative estimate of drug-likeness (QED) is 0.520. The van der Waals surface area contributed by atoms with Crippen LogP contribution < -0.4 is 4.74 Å². The minimum Gasteiger partial charge on any atom is -0.496 e. The van der Waals surface area contributed by atoms with Gasteiger partial charge in [0.25, 0.3) is 0 Å². The SMILES string of the molecule is CCCn1c(Cn2ccnc2-c2cc(F)ccc2OC)nc2cccnc21. The van der Waals surface area contributed by atoms with Crippen LogP contribution in [-0.4, -0.2) is 31.2 Å². The van der Waals surface area contributed by atoms with E-state index >= 15 is 0 Å². The molecule has 4 aromatic rings. The van der Waals surface area contributed by atoms with Crippen LogP contribution in [0.15, 0.2) is 48.9 Å². The highest BCUT2D eigenvalue weighted by molar-refractivity contribution is 5.71. The fraction of sp³-hybridized carbons (Fsp3) is 0.250. The standard InChI is InChI=1S/C20H20FN5O/c1-3-10-26-18(24-16-5-4-8-22-20(16)26)13-25-11-9-23-19(25)15-12-14(21)6-7-17(15)27-2/h4-9,11-12H,3,10,13H2,1-2H3. The van der Waals surface area contributed by atoms with Crippen LogP contribution in [0.4, 0.5) is 4.39 Å². The lowest BCUT2D eigenvalue weighted by atomic mass is 10.2. The van der Waals surface area contributed by atoms with Crippen molar-refractivity contribution in [3.63, 3.8) is 0 Å². The summed E-state index contributed by atoms with van der Waals surface area (Å²) in [5, 5.41) is 0. The van der Waals surface area contributed by atoms with Crippen LogP contribution in [0.1, 0.15) is 19.2 Å². The van der Waals surface area contributed by atoms with Crippen LogP contribution >= 0.6 is 0 Å². The number of pyridine rings is 1. The Kier molecular flexibility index (Phi) is 4.58. The Hall–Kier alpha value is -3.22. The maximum atomic E-state index is 13.8. The van der Waals surface area contributed by atoms with Crippen LogP contribution in [-0.2, 0) is 13.1 Å². The molecular formula is C20H20FN5O. The normalized spacial score (nSPS) is 11.2. The van der Waals surface area contributed by atoms with Crippen LogP contribution in [0, 0.1) is 5.82 Å². The van der Waals surface area contributed by atoms with Crippen LogP contribution in [0.25, 0.3) is 22.6 Å². The van der Waals surface area contributed by atoms with Gasteiger partial charge in [-0.2, -0.15) is 0 Å². The second-order valence-corrected chi connectivity index (χ2v) is 6.25. The molecule has 3 heterocycles. The van der Waals surface area contributed by atoms with Crippen molar-refractivity contribution in [3.05, 3.63) is 60.6 Å². The van der Waals surface area contributed by atoms with E-state index in [1.807, 2.05) is 22.9 Å². The van der Waals surface area contributed by atoms with Crippen molar-refractivity contribution in [2.24, 2.45) is 0 Å². The third-order valence-electron chi connectivity index (χ3n) is 4.46. The summed E-state index contributed by atoms with van der Waals surface area (Å²) < 4.78 is 23.3. The molecule has 4 rings (SSSR count). The van der Waals surface area contributed by atoms with Crippen molar-refractivity contribution in [2.75, 3.05) is 7.11 Å². The summed E-state index contributed by atoms with van der Waals surface area (Å²) in [5.74, 6) is 1.77. The molecule has 0 radical (unpaired) electrons. The van der Waals surface area contributed by atoms with Crippen molar-refractivity contribution in [1.29, 1.82) is 0 Å². The van der Waals surface area contributed by atoms with Gasteiger partial charge in [0, 0.05) is 25.1 Å². The summed E-state index contributed by atoms with van der Waals surface area (Å²) in [5.41, 5.74) is 2.35. The average Bonchev–Trinajstić information content (AvgIpc) is 3.27. The van der Waals surface area contributed by atoms with Crippen molar-refractivity contribution in [2.45, 2.75) is 26.4 Å². The zero-order valence-corrected chi connectivity index (χ0v) is 15.3. The number of aromatic nitrogens is 5. The van der Waals surface area contributed by atoms with Gasteiger partial charge in [-0.3, -0.25) is 0 Å². The van der Waals surface area contributed by atoms with Gasteiger partial charge < -0.3 is 13.9 Å². The average molecular weight is 365 g/mol. The van der Waals surface area contributed by atoms with Crippen molar-refractivity contribution < 1.29 is 9.13 Å². The number of rotatable bonds is 6. The van der Waals surface area contributed by atoms with E-state index in [1.54, 1.807) is 25.6 Å². The molecule has 0 atom stereocenters. The molecule has 1 aromatic carbocycles. The van der Waals surface area contributed by atoms with E-state index in [1.165, 1.54) is 12.1 Å². The van der Waals surface area contributed by atoms with Crippen LogP contribution in [0.5, 0.6) is 5.75 Å². The second-order valence-electron chi connectivity index (χ2n) is 6.25. The first-order valence-electron chi connectivity index (χ1n) is 8.86.